The highest BCUT2D eigenvalue weighted by molar-refractivity contribution is 5.59. The molecule has 31 heteroatoms. The van der Waals surface area contributed by atoms with E-state index in [1.165, 1.54) is 6.92 Å². The summed E-state index contributed by atoms with van der Waals surface area (Å²) in [6, 6.07) is 0. The van der Waals surface area contributed by atoms with Gasteiger partial charge in [-0.05, 0) is 105 Å². The van der Waals surface area contributed by atoms with Gasteiger partial charge in [-0.15, -0.1) is 0 Å². The van der Waals surface area contributed by atoms with Gasteiger partial charge >= 0.3 is 0 Å². The van der Waals surface area contributed by atoms with Crippen LogP contribution in [0.1, 0.15) is 113 Å². The molecule has 7 saturated heterocycles. The van der Waals surface area contributed by atoms with Gasteiger partial charge in [-0.2, -0.15) is 0 Å². The Morgan fingerprint density at radius 2 is 1.00 bits per heavy atom. The highest BCUT2D eigenvalue weighted by atomic mass is 16.8. The topological polar surface area (TPSA) is 481 Å². The Morgan fingerprint density at radius 3 is 1.62 bits per heavy atom. The lowest BCUT2D eigenvalue weighted by Crippen LogP contribution is -2.74. The van der Waals surface area contributed by atoms with Gasteiger partial charge in [0.15, 0.2) is 37.7 Å². The standard InChI is InChI=1S/C64H104O31/c1-25-36(71)41(76)44(79)53(86-25)93-49-39(74)29(20-67)89-57(51(49)95-52-47(82)48(26(69)21-83-52)92-54-45(80)42(77)37(72)27(18-65)87-54)90-30-22-84-56(50(40(30)75)94-55-46(81)43(78)38(73)28(19-66)88-55)91-35-10-11-60(5)31(58(35,2)3)8-12-61(6)32(60)9-13-64-33-16-59(4,23-68)14-15-63(33,24-85-64)34(70)17-62(61,64)7/h23,25-57,65-67,69-82H,8-22,24H2,1-7H3/t25-,26+,27+,28+,29+,30-,31?,32?,33+,34+,35-,36-,37+,38+,39+,40-,41+,42-,43-,44+,45+,46+,47+,48-,49-,50+,51+,52-,53-,54-,55-,56-,57-,59-,60-,61+,62-,63+,64-/m0/s1. The number of ether oxygens (including phenoxy) is 13. The van der Waals surface area contributed by atoms with Crippen LogP contribution in [0.25, 0.3) is 0 Å². The van der Waals surface area contributed by atoms with Gasteiger partial charge in [0.2, 0.25) is 0 Å². The van der Waals surface area contributed by atoms with E-state index in [1.54, 1.807) is 0 Å². The highest BCUT2D eigenvalue weighted by Crippen LogP contribution is 2.80. The SMILES string of the molecule is C[C@@H]1O[C@@H](O[C@H]2[C@H](O)[C@@H](CO)O[C@@H](O[C@H]3CO[C@@H](O[C@H]4CC[C@@]5(C)C(CC[C@]6(C)C5CC[C@]57OC[C@@]8(CC[C@](C)(C=O)C[C@H]85)[C@H](O)C[C@]76C)C4(C)C)[C@H](O[C@@H]4O[C@H](CO)[C@@H](O)[C@H](O)[C@H]4O)[C@H]3O)[C@@H]2O[C@@H]2OC[C@@H](O)[C@H](O[C@@H]3O[C@H](CO)[C@@H](O)[C@H](O)[C@H]3O)[C@H]2O)[C@H](O)[C@H](O)[C@H]1O. The van der Waals surface area contributed by atoms with Crippen molar-refractivity contribution in [1.29, 1.82) is 0 Å². The molecule has 0 aromatic rings. The molecular weight excluding hydrogens is 1260 g/mol. The van der Waals surface area contributed by atoms with E-state index in [-0.39, 0.29) is 28.6 Å². The Kier molecular flexibility index (Phi) is 20.8. The van der Waals surface area contributed by atoms with E-state index >= 15 is 0 Å². The van der Waals surface area contributed by atoms with Gasteiger partial charge < -0.3 is 153 Å². The molecule has 17 N–H and O–H groups in total. The summed E-state index contributed by atoms with van der Waals surface area (Å²) in [7, 11) is 0. The third-order valence-corrected chi connectivity index (χ3v) is 26.1. The molecule has 546 valence electrons. The van der Waals surface area contributed by atoms with E-state index in [1.807, 2.05) is 6.92 Å². The molecule has 7 heterocycles. The summed E-state index contributed by atoms with van der Waals surface area (Å²) < 4.78 is 81.0. The molecule has 95 heavy (non-hydrogen) atoms. The van der Waals surface area contributed by atoms with Crippen LogP contribution in [0.15, 0.2) is 0 Å². The molecule has 12 fully saturated rings. The summed E-state index contributed by atoms with van der Waals surface area (Å²) in [6.07, 6.45) is -43.8. The van der Waals surface area contributed by atoms with Gasteiger partial charge in [0.1, 0.15) is 134 Å². The summed E-state index contributed by atoms with van der Waals surface area (Å²) in [6.45, 7) is 11.3. The van der Waals surface area contributed by atoms with Gasteiger partial charge in [0, 0.05) is 16.2 Å². The molecule has 7 aliphatic heterocycles. The predicted molar refractivity (Wildman–Crippen MR) is 314 cm³/mol. The summed E-state index contributed by atoms with van der Waals surface area (Å²) in [5.74, 6) is 0.242. The zero-order valence-electron chi connectivity index (χ0n) is 54.8. The van der Waals surface area contributed by atoms with Crippen LogP contribution in [0.3, 0.4) is 0 Å². The molecule has 12 aliphatic rings. The van der Waals surface area contributed by atoms with Crippen LogP contribution in [0.2, 0.25) is 0 Å². The average molecular weight is 1370 g/mol. The van der Waals surface area contributed by atoms with Crippen molar-refractivity contribution in [2.24, 2.45) is 50.2 Å². The number of aldehydes is 1. The molecule has 1 spiro atoms. The largest absolute Gasteiger partial charge is 0.394 e. The van der Waals surface area contributed by atoms with Crippen molar-refractivity contribution in [1.82, 2.24) is 0 Å². The van der Waals surface area contributed by atoms with Crippen molar-refractivity contribution in [2.75, 3.05) is 39.6 Å². The number of rotatable bonds is 16. The fourth-order valence-corrected chi connectivity index (χ4v) is 20.3. The normalized spacial score (nSPS) is 57.7. The summed E-state index contributed by atoms with van der Waals surface area (Å²) >= 11 is 0. The molecule has 5 aliphatic carbocycles. The molecule has 0 radical (unpaired) electrons. The number of hydrogen-bond donors (Lipinski definition) is 17. The van der Waals surface area contributed by atoms with Crippen molar-refractivity contribution in [2.45, 2.75) is 303 Å². The van der Waals surface area contributed by atoms with Crippen LogP contribution < -0.4 is 0 Å². The minimum atomic E-state index is -2.12. The lowest BCUT2D eigenvalue weighted by Gasteiger charge is -2.75. The van der Waals surface area contributed by atoms with Crippen molar-refractivity contribution >= 4 is 6.29 Å². The first-order chi connectivity index (χ1) is 44.7. The molecule has 12 rings (SSSR count). The first-order valence-electron chi connectivity index (χ1n) is 34.0. The van der Waals surface area contributed by atoms with E-state index < -0.39 is 245 Å². The molecular formula is C64H104O31. The summed E-state index contributed by atoms with van der Waals surface area (Å²) in [5.41, 5.74) is -3.05. The van der Waals surface area contributed by atoms with Crippen molar-refractivity contribution in [3.63, 3.8) is 0 Å². The zero-order chi connectivity index (χ0) is 68.8. The summed E-state index contributed by atoms with van der Waals surface area (Å²) in [4.78, 5) is 12.7. The molecule has 39 atom stereocenters. The maximum absolute atomic E-state index is 12.8. The first-order valence-corrected chi connectivity index (χ1v) is 34.0. The second-order valence-corrected chi connectivity index (χ2v) is 31.4. The number of aliphatic hydroxyl groups excluding tert-OH is 17. The second kappa shape index (κ2) is 26.9. The van der Waals surface area contributed by atoms with Crippen molar-refractivity contribution < 1.29 is 153 Å². The fraction of sp³-hybridized carbons (Fsp3) is 0.984. The number of carbonyl (C=O) groups is 1. The van der Waals surface area contributed by atoms with Gasteiger partial charge in [0.25, 0.3) is 0 Å². The molecule has 31 nitrogen and oxygen atoms in total. The Balaban J connectivity index is 0.823. The monoisotopic (exact) mass is 1370 g/mol. The second-order valence-electron chi connectivity index (χ2n) is 31.4. The molecule has 0 aromatic carbocycles. The zero-order valence-corrected chi connectivity index (χ0v) is 54.8. The number of fused-ring (bicyclic) bond motifs is 4. The van der Waals surface area contributed by atoms with Crippen LogP contribution in [0.5, 0.6) is 0 Å². The maximum Gasteiger partial charge on any atom is 0.187 e. The van der Waals surface area contributed by atoms with E-state index in [0.717, 1.165) is 38.4 Å². The highest BCUT2D eigenvalue weighted by Gasteiger charge is 2.80. The Labute approximate surface area is 550 Å². The van der Waals surface area contributed by atoms with Crippen LogP contribution >= 0.6 is 0 Å². The quantitative estimate of drug-likeness (QED) is 0.0507. The van der Waals surface area contributed by atoms with E-state index in [4.69, 9.17) is 61.6 Å². The van der Waals surface area contributed by atoms with Gasteiger partial charge in [0.05, 0.1) is 63.6 Å². The number of hydrogen-bond acceptors (Lipinski definition) is 31. The maximum atomic E-state index is 12.8. The molecule has 0 aromatic heterocycles. The van der Waals surface area contributed by atoms with Crippen LogP contribution in [-0.2, 0) is 66.4 Å². The number of carbonyl (C=O) groups excluding carboxylic acids is 1. The lowest BCUT2D eigenvalue weighted by atomic mass is 9.30. The fourth-order valence-electron chi connectivity index (χ4n) is 20.3. The molecule has 5 saturated carbocycles. The third kappa shape index (κ3) is 11.8. The first kappa shape index (κ1) is 73.2. The van der Waals surface area contributed by atoms with Gasteiger partial charge in [-0.25, -0.2) is 0 Å². The smallest absolute Gasteiger partial charge is 0.187 e. The Bertz CT molecular complexity index is 2650. The van der Waals surface area contributed by atoms with Crippen LogP contribution in [0.4, 0.5) is 0 Å². The summed E-state index contributed by atoms with van der Waals surface area (Å²) in [5, 5.41) is 189. The van der Waals surface area contributed by atoms with Crippen molar-refractivity contribution in [3.05, 3.63) is 0 Å². The van der Waals surface area contributed by atoms with E-state index in [2.05, 4.69) is 34.6 Å². The molecule has 0 amide bonds. The average Bonchev–Trinajstić information content (AvgIpc) is 1.61. The van der Waals surface area contributed by atoms with E-state index in [9.17, 15) is 91.6 Å². The Hall–Kier alpha value is -1.53. The van der Waals surface area contributed by atoms with Crippen molar-refractivity contribution in [3.8, 4) is 0 Å². The molecule has 2 bridgehead atoms. The van der Waals surface area contributed by atoms with Crippen LogP contribution in [0, 0.1) is 50.2 Å². The third-order valence-electron chi connectivity index (χ3n) is 26.1. The molecule has 2 unspecified atom stereocenters. The van der Waals surface area contributed by atoms with Gasteiger partial charge in [-0.3, -0.25) is 0 Å². The number of aliphatic hydroxyl groups is 17. The Morgan fingerprint density at radius 1 is 0.453 bits per heavy atom. The van der Waals surface area contributed by atoms with E-state index in [0.29, 0.717) is 38.7 Å². The predicted octanol–water partition coefficient (Wildman–Crippen LogP) is -5.22. The van der Waals surface area contributed by atoms with Crippen LogP contribution in [-0.4, -0.2) is 323 Å². The lowest BCUT2D eigenvalue weighted by molar-refractivity contribution is -0.407. The minimum absolute atomic E-state index is 0.0208. The minimum Gasteiger partial charge on any atom is -0.394 e. The van der Waals surface area contributed by atoms with Gasteiger partial charge in [-0.1, -0.05) is 41.5 Å².